The lowest BCUT2D eigenvalue weighted by Gasteiger charge is -2.40. The standard InChI is InChI=1S/C14H21N.ClH/c1-3-15-13-11-8-4-6-7-5-9(10(6)11)14(13,2)12(7)8;/h6-13,15H,3-5H2,1-2H3;1H/t6-,7-,8+,9+,10-,11-,12?,13+,14+;/m0./s1. The van der Waals surface area contributed by atoms with Gasteiger partial charge in [0.05, 0.1) is 0 Å². The van der Waals surface area contributed by atoms with Gasteiger partial charge in [-0.1, -0.05) is 13.8 Å². The molecule has 9 atom stereocenters. The van der Waals surface area contributed by atoms with Crippen LogP contribution >= 0.6 is 12.4 Å². The first kappa shape index (κ1) is 10.2. The fourth-order valence-corrected chi connectivity index (χ4v) is 7.70. The maximum absolute atomic E-state index is 3.86. The predicted molar refractivity (Wildman–Crippen MR) is 66.5 cm³/mol. The molecule has 2 heteroatoms. The van der Waals surface area contributed by atoms with Crippen molar-refractivity contribution in [2.75, 3.05) is 6.54 Å². The molecule has 0 heterocycles. The van der Waals surface area contributed by atoms with E-state index < -0.39 is 0 Å². The van der Waals surface area contributed by atoms with Gasteiger partial charge in [-0.05, 0) is 66.2 Å². The van der Waals surface area contributed by atoms with E-state index >= 15 is 0 Å². The highest BCUT2D eigenvalue weighted by molar-refractivity contribution is 5.85. The van der Waals surface area contributed by atoms with Gasteiger partial charge in [0.15, 0.2) is 0 Å². The Morgan fingerprint density at radius 2 is 1.94 bits per heavy atom. The zero-order valence-electron chi connectivity index (χ0n) is 10.1. The van der Waals surface area contributed by atoms with Crippen LogP contribution in [0.1, 0.15) is 26.7 Å². The number of halogens is 1. The summed E-state index contributed by atoms with van der Waals surface area (Å²) in [7, 11) is 0. The molecule has 6 aliphatic carbocycles. The van der Waals surface area contributed by atoms with Crippen molar-refractivity contribution in [3.05, 3.63) is 0 Å². The molecule has 1 N–H and O–H groups in total. The summed E-state index contributed by atoms with van der Waals surface area (Å²) in [5.41, 5.74) is 0.730. The zero-order chi connectivity index (χ0) is 9.95. The molecular weight excluding hydrogens is 218 g/mol. The molecule has 6 aliphatic rings. The van der Waals surface area contributed by atoms with Gasteiger partial charge in [0, 0.05) is 6.04 Å². The van der Waals surface area contributed by atoms with Crippen LogP contribution in [0, 0.1) is 46.8 Å². The van der Waals surface area contributed by atoms with E-state index in [9.17, 15) is 0 Å². The van der Waals surface area contributed by atoms with E-state index in [-0.39, 0.29) is 12.4 Å². The van der Waals surface area contributed by atoms with E-state index in [1.165, 1.54) is 24.3 Å². The fourth-order valence-electron chi connectivity index (χ4n) is 7.70. The summed E-state index contributed by atoms with van der Waals surface area (Å²) < 4.78 is 0. The van der Waals surface area contributed by atoms with Crippen molar-refractivity contribution in [1.29, 1.82) is 0 Å². The fraction of sp³-hybridized carbons (Fsp3) is 1.00. The smallest absolute Gasteiger partial charge is 0.0160 e. The largest absolute Gasteiger partial charge is 0.313 e. The summed E-state index contributed by atoms with van der Waals surface area (Å²) in [5, 5.41) is 3.86. The van der Waals surface area contributed by atoms with Crippen LogP contribution < -0.4 is 5.32 Å². The first-order chi connectivity index (χ1) is 7.28. The molecule has 1 nitrogen and oxygen atoms in total. The monoisotopic (exact) mass is 239 g/mol. The Hall–Kier alpha value is 0.250. The number of hydrogen-bond donors (Lipinski definition) is 1. The first-order valence-electron chi connectivity index (χ1n) is 7.02. The second-order valence-corrected chi connectivity index (χ2v) is 7.15. The minimum absolute atomic E-state index is 0. The van der Waals surface area contributed by atoms with Crippen molar-refractivity contribution in [2.24, 2.45) is 46.8 Å². The van der Waals surface area contributed by atoms with Gasteiger partial charge in [-0.2, -0.15) is 0 Å². The topological polar surface area (TPSA) is 12.0 Å². The second-order valence-electron chi connectivity index (χ2n) is 7.15. The lowest BCUT2D eigenvalue weighted by Crippen LogP contribution is -2.42. The van der Waals surface area contributed by atoms with Gasteiger partial charge in [-0.15, -0.1) is 12.4 Å². The summed E-state index contributed by atoms with van der Waals surface area (Å²) in [4.78, 5) is 0. The summed E-state index contributed by atoms with van der Waals surface area (Å²) in [6.45, 7) is 6.12. The lowest BCUT2D eigenvalue weighted by atomic mass is 9.64. The number of rotatable bonds is 2. The Labute approximate surface area is 104 Å². The molecule has 0 aromatic heterocycles. The van der Waals surface area contributed by atoms with Crippen molar-refractivity contribution in [3.8, 4) is 0 Å². The molecule has 0 aromatic carbocycles. The molecule has 0 aliphatic heterocycles. The van der Waals surface area contributed by atoms with Crippen LogP contribution in [-0.4, -0.2) is 12.6 Å². The minimum Gasteiger partial charge on any atom is -0.313 e. The third kappa shape index (κ3) is 0.667. The molecule has 0 saturated heterocycles. The SMILES string of the molecule is CCN[C@@H]1[C@@H]2[C@H]3[C@H]4C[C@H]2C2[C@H]4C[C@H]3[C@]21C.Cl. The van der Waals surface area contributed by atoms with Gasteiger partial charge < -0.3 is 5.32 Å². The van der Waals surface area contributed by atoms with Gasteiger partial charge in [0.2, 0.25) is 0 Å². The Kier molecular flexibility index (Phi) is 1.68. The first-order valence-corrected chi connectivity index (χ1v) is 7.02. The number of hydrogen-bond acceptors (Lipinski definition) is 1. The van der Waals surface area contributed by atoms with Crippen LogP contribution in [0.4, 0.5) is 0 Å². The second kappa shape index (κ2) is 2.64. The van der Waals surface area contributed by atoms with Gasteiger partial charge in [-0.3, -0.25) is 0 Å². The molecule has 1 unspecified atom stereocenters. The zero-order valence-corrected chi connectivity index (χ0v) is 11.0. The van der Waals surface area contributed by atoms with E-state index in [0.717, 1.165) is 35.1 Å². The Bertz CT molecular complexity index is 357. The van der Waals surface area contributed by atoms with Crippen LogP contribution in [0.3, 0.4) is 0 Å². The lowest BCUT2D eigenvalue weighted by molar-refractivity contribution is 0.0654. The van der Waals surface area contributed by atoms with Gasteiger partial charge in [0.1, 0.15) is 0 Å². The van der Waals surface area contributed by atoms with Crippen LogP contribution in [-0.2, 0) is 0 Å². The maximum atomic E-state index is 3.86. The molecule has 0 spiro atoms. The molecule has 6 fully saturated rings. The molecule has 6 saturated carbocycles. The van der Waals surface area contributed by atoms with Crippen molar-refractivity contribution >= 4 is 12.4 Å². The average Bonchev–Trinajstić information content (AvgIpc) is 2.85. The molecule has 0 aromatic rings. The van der Waals surface area contributed by atoms with E-state index in [2.05, 4.69) is 19.2 Å². The predicted octanol–water partition coefficient (Wildman–Crippen LogP) is 2.55. The van der Waals surface area contributed by atoms with E-state index in [1.54, 1.807) is 12.8 Å². The van der Waals surface area contributed by atoms with Crippen LogP contribution in [0.25, 0.3) is 0 Å². The van der Waals surface area contributed by atoms with Gasteiger partial charge >= 0.3 is 0 Å². The van der Waals surface area contributed by atoms with Crippen molar-refractivity contribution in [1.82, 2.24) is 5.32 Å². The molecule has 16 heavy (non-hydrogen) atoms. The average molecular weight is 240 g/mol. The van der Waals surface area contributed by atoms with E-state index in [1.807, 2.05) is 0 Å². The highest BCUT2D eigenvalue weighted by Gasteiger charge is 2.84. The Morgan fingerprint density at radius 3 is 2.62 bits per heavy atom. The summed E-state index contributed by atoms with van der Waals surface area (Å²) in [6, 6.07) is 0.907. The molecule has 6 bridgehead atoms. The third-order valence-electron chi connectivity index (χ3n) is 7.44. The maximum Gasteiger partial charge on any atom is 0.0160 e. The third-order valence-corrected chi connectivity index (χ3v) is 7.44. The molecule has 6 rings (SSSR count). The van der Waals surface area contributed by atoms with E-state index in [0.29, 0.717) is 0 Å². The van der Waals surface area contributed by atoms with Gasteiger partial charge in [-0.25, -0.2) is 0 Å². The van der Waals surface area contributed by atoms with E-state index in [4.69, 9.17) is 0 Å². The summed E-state index contributed by atoms with van der Waals surface area (Å²) in [6.07, 6.45) is 3.24. The minimum atomic E-state index is 0. The Morgan fingerprint density at radius 1 is 1.12 bits per heavy atom. The molecular formula is C14H22ClN. The molecule has 0 radical (unpaired) electrons. The summed E-state index contributed by atoms with van der Waals surface area (Å²) in [5.74, 6) is 8.06. The Balaban J connectivity index is 0.000000722. The highest BCUT2D eigenvalue weighted by Crippen LogP contribution is 2.86. The quantitative estimate of drug-likeness (QED) is 0.781. The highest BCUT2D eigenvalue weighted by atomic mass is 35.5. The van der Waals surface area contributed by atoms with Crippen LogP contribution in [0.5, 0.6) is 0 Å². The normalized spacial score (nSPS) is 70.9. The van der Waals surface area contributed by atoms with Crippen molar-refractivity contribution in [2.45, 2.75) is 32.7 Å². The molecule has 90 valence electrons. The van der Waals surface area contributed by atoms with Crippen molar-refractivity contribution < 1.29 is 0 Å². The van der Waals surface area contributed by atoms with Crippen LogP contribution in [0.2, 0.25) is 0 Å². The van der Waals surface area contributed by atoms with Crippen LogP contribution in [0.15, 0.2) is 0 Å². The molecule has 0 amide bonds. The number of nitrogens with one attached hydrogen (secondary N) is 1. The summed E-state index contributed by atoms with van der Waals surface area (Å²) >= 11 is 0. The van der Waals surface area contributed by atoms with Crippen molar-refractivity contribution in [3.63, 3.8) is 0 Å². The van der Waals surface area contributed by atoms with Gasteiger partial charge in [0.25, 0.3) is 0 Å².